The van der Waals surface area contributed by atoms with Crippen LogP contribution >= 0.6 is 35.0 Å². The predicted octanol–water partition coefficient (Wildman–Crippen LogP) is 4.97. The highest BCUT2D eigenvalue weighted by atomic mass is 35.5. The number of carbonyl (C=O) groups is 1. The van der Waals surface area contributed by atoms with Gasteiger partial charge in [0.1, 0.15) is 0 Å². The zero-order valence-corrected chi connectivity index (χ0v) is 14.6. The second-order valence-corrected chi connectivity index (χ2v) is 6.79. The minimum Gasteiger partial charge on any atom is -0.351 e. The van der Waals surface area contributed by atoms with Gasteiger partial charge in [-0.2, -0.15) is 11.8 Å². The standard InChI is InChI=1S/C17H17Cl2NOS/c1-12-5-7-13(8-6-12)17(21)20-9-10-22-11-14-15(18)3-2-4-16(14)19/h2-8H,9-11H2,1H3,(H,20,21). The smallest absolute Gasteiger partial charge is 0.251 e. The maximum atomic E-state index is 11.9. The lowest BCUT2D eigenvalue weighted by Crippen LogP contribution is -2.25. The normalized spacial score (nSPS) is 10.5. The van der Waals surface area contributed by atoms with Crippen LogP contribution in [-0.4, -0.2) is 18.2 Å². The van der Waals surface area contributed by atoms with Crippen LogP contribution in [0, 0.1) is 6.92 Å². The molecule has 0 aliphatic heterocycles. The SMILES string of the molecule is Cc1ccc(C(=O)NCCSCc2c(Cl)cccc2Cl)cc1. The van der Waals surface area contributed by atoms with Crippen LogP contribution in [0.4, 0.5) is 0 Å². The van der Waals surface area contributed by atoms with E-state index >= 15 is 0 Å². The number of benzene rings is 2. The van der Waals surface area contributed by atoms with E-state index in [2.05, 4.69) is 5.32 Å². The average Bonchev–Trinajstić information content (AvgIpc) is 2.50. The van der Waals surface area contributed by atoms with Gasteiger partial charge in [0.15, 0.2) is 0 Å². The molecule has 0 spiro atoms. The fourth-order valence-electron chi connectivity index (χ4n) is 1.89. The highest BCUT2D eigenvalue weighted by molar-refractivity contribution is 7.98. The van der Waals surface area contributed by atoms with Gasteiger partial charge in [0, 0.05) is 33.7 Å². The van der Waals surface area contributed by atoms with Gasteiger partial charge in [0.2, 0.25) is 0 Å². The van der Waals surface area contributed by atoms with Gasteiger partial charge in [-0.3, -0.25) is 4.79 Å². The van der Waals surface area contributed by atoms with E-state index in [1.807, 2.05) is 49.4 Å². The third-order valence-corrected chi connectivity index (χ3v) is 4.85. The molecular formula is C17H17Cl2NOS. The Morgan fingerprint density at radius 3 is 2.36 bits per heavy atom. The molecule has 116 valence electrons. The molecule has 2 aromatic carbocycles. The monoisotopic (exact) mass is 353 g/mol. The van der Waals surface area contributed by atoms with Crippen LogP contribution in [0.5, 0.6) is 0 Å². The summed E-state index contributed by atoms with van der Waals surface area (Å²) in [4.78, 5) is 11.9. The van der Waals surface area contributed by atoms with Crippen LogP contribution in [-0.2, 0) is 5.75 Å². The van der Waals surface area contributed by atoms with Crippen molar-refractivity contribution in [3.8, 4) is 0 Å². The molecule has 0 aliphatic carbocycles. The van der Waals surface area contributed by atoms with Crippen LogP contribution in [0.2, 0.25) is 10.0 Å². The van der Waals surface area contributed by atoms with E-state index in [0.29, 0.717) is 22.2 Å². The second kappa shape index (κ2) is 8.47. The Kier molecular flexibility index (Phi) is 6.62. The van der Waals surface area contributed by atoms with Gasteiger partial charge < -0.3 is 5.32 Å². The predicted molar refractivity (Wildman–Crippen MR) is 96.1 cm³/mol. The van der Waals surface area contributed by atoms with Crippen molar-refractivity contribution >= 4 is 40.9 Å². The molecule has 2 nitrogen and oxygen atoms in total. The molecule has 0 aromatic heterocycles. The second-order valence-electron chi connectivity index (χ2n) is 4.87. The minimum atomic E-state index is -0.0450. The third-order valence-electron chi connectivity index (χ3n) is 3.15. The van der Waals surface area contributed by atoms with E-state index < -0.39 is 0 Å². The Morgan fingerprint density at radius 1 is 1.09 bits per heavy atom. The summed E-state index contributed by atoms with van der Waals surface area (Å²) in [6, 6.07) is 13.0. The summed E-state index contributed by atoms with van der Waals surface area (Å²) in [5.41, 5.74) is 2.77. The van der Waals surface area contributed by atoms with Gasteiger partial charge in [0.25, 0.3) is 5.91 Å². The van der Waals surface area contributed by atoms with Crippen molar-refractivity contribution in [1.82, 2.24) is 5.32 Å². The van der Waals surface area contributed by atoms with E-state index in [-0.39, 0.29) is 5.91 Å². The molecule has 1 amide bonds. The molecule has 0 atom stereocenters. The molecule has 0 heterocycles. The summed E-state index contributed by atoms with van der Waals surface area (Å²) in [5.74, 6) is 1.49. The Hall–Kier alpha value is -1.16. The fourth-order valence-corrected chi connectivity index (χ4v) is 3.48. The molecule has 2 aromatic rings. The molecule has 0 saturated carbocycles. The summed E-state index contributed by atoms with van der Waals surface area (Å²) in [5, 5.41) is 4.28. The molecule has 1 N–H and O–H groups in total. The minimum absolute atomic E-state index is 0.0450. The van der Waals surface area contributed by atoms with Crippen molar-refractivity contribution in [2.75, 3.05) is 12.3 Å². The number of rotatable bonds is 6. The van der Waals surface area contributed by atoms with E-state index in [9.17, 15) is 4.79 Å². The van der Waals surface area contributed by atoms with Crippen molar-refractivity contribution < 1.29 is 4.79 Å². The summed E-state index contributed by atoms with van der Waals surface area (Å²) in [7, 11) is 0. The van der Waals surface area contributed by atoms with Crippen molar-refractivity contribution in [2.24, 2.45) is 0 Å². The number of halogens is 2. The Morgan fingerprint density at radius 2 is 1.73 bits per heavy atom. The average molecular weight is 354 g/mol. The third kappa shape index (κ3) is 4.94. The number of hydrogen-bond donors (Lipinski definition) is 1. The first-order valence-electron chi connectivity index (χ1n) is 6.93. The van der Waals surface area contributed by atoms with E-state index in [1.54, 1.807) is 11.8 Å². The van der Waals surface area contributed by atoms with E-state index in [0.717, 1.165) is 22.6 Å². The number of thioether (sulfide) groups is 1. The highest BCUT2D eigenvalue weighted by Gasteiger charge is 2.06. The molecule has 2 rings (SSSR count). The number of hydrogen-bond acceptors (Lipinski definition) is 2. The number of nitrogens with one attached hydrogen (secondary N) is 1. The van der Waals surface area contributed by atoms with Gasteiger partial charge >= 0.3 is 0 Å². The lowest BCUT2D eigenvalue weighted by molar-refractivity contribution is 0.0956. The maximum Gasteiger partial charge on any atom is 0.251 e. The Bertz CT molecular complexity index is 623. The molecule has 0 bridgehead atoms. The topological polar surface area (TPSA) is 29.1 Å². The van der Waals surface area contributed by atoms with E-state index in [1.165, 1.54) is 0 Å². The van der Waals surface area contributed by atoms with E-state index in [4.69, 9.17) is 23.2 Å². The molecule has 22 heavy (non-hydrogen) atoms. The molecule has 0 radical (unpaired) electrons. The fraction of sp³-hybridized carbons (Fsp3) is 0.235. The summed E-state index contributed by atoms with van der Waals surface area (Å²) < 4.78 is 0. The van der Waals surface area contributed by atoms with Crippen molar-refractivity contribution in [3.63, 3.8) is 0 Å². The zero-order valence-electron chi connectivity index (χ0n) is 12.2. The zero-order chi connectivity index (χ0) is 15.9. The number of amides is 1. The van der Waals surface area contributed by atoms with Crippen molar-refractivity contribution in [3.05, 3.63) is 69.2 Å². The maximum absolute atomic E-state index is 11.9. The summed E-state index contributed by atoms with van der Waals surface area (Å²) in [6.07, 6.45) is 0. The molecule has 0 fully saturated rings. The molecule has 5 heteroatoms. The van der Waals surface area contributed by atoms with Gasteiger partial charge in [-0.15, -0.1) is 0 Å². The molecule has 0 saturated heterocycles. The van der Waals surface area contributed by atoms with Crippen LogP contribution in [0.25, 0.3) is 0 Å². The Balaban J connectivity index is 1.73. The molecule has 0 aliphatic rings. The van der Waals surface area contributed by atoms with Crippen molar-refractivity contribution in [2.45, 2.75) is 12.7 Å². The quantitative estimate of drug-likeness (QED) is 0.743. The number of carbonyl (C=O) groups excluding carboxylic acids is 1. The first-order valence-corrected chi connectivity index (χ1v) is 8.84. The van der Waals surface area contributed by atoms with Crippen LogP contribution < -0.4 is 5.32 Å². The van der Waals surface area contributed by atoms with Crippen LogP contribution in [0.1, 0.15) is 21.5 Å². The van der Waals surface area contributed by atoms with Gasteiger partial charge in [0.05, 0.1) is 0 Å². The molecular weight excluding hydrogens is 337 g/mol. The highest BCUT2D eigenvalue weighted by Crippen LogP contribution is 2.27. The summed E-state index contributed by atoms with van der Waals surface area (Å²) >= 11 is 13.9. The van der Waals surface area contributed by atoms with Crippen LogP contribution in [0.15, 0.2) is 42.5 Å². The Labute approximate surface area is 145 Å². The first-order chi connectivity index (χ1) is 10.6. The lowest BCUT2D eigenvalue weighted by atomic mass is 10.1. The summed E-state index contributed by atoms with van der Waals surface area (Å²) in [6.45, 7) is 2.61. The first kappa shape index (κ1) is 17.2. The van der Waals surface area contributed by atoms with Crippen LogP contribution in [0.3, 0.4) is 0 Å². The largest absolute Gasteiger partial charge is 0.351 e. The number of aryl methyl sites for hydroxylation is 1. The van der Waals surface area contributed by atoms with Gasteiger partial charge in [-0.25, -0.2) is 0 Å². The van der Waals surface area contributed by atoms with Gasteiger partial charge in [-0.05, 0) is 36.8 Å². The van der Waals surface area contributed by atoms with Crippen molar-refractivity contribution in [1.29, 1.82) is 0 Å². The molecule has 0 unspecified atom stereocenters. The van der Waals surface area contributed by atoms with Gasteiger partial charge in [-0.1, -0.05) is 47.0 Å². The lowest BCUT2D eigenvalue weighted by Gasteiger charge is -2.08.